The minimum absolute atomic E-state index is 0.0925. The van der Waals surface area contributed by atoms with Gasteiger partial charge in [0.2, 0.25) is 0 Å². The number of hydrogen-bond donors (Lipinski definition) is 1. The Morgan fingerprint density at radius 1 is 1.11 bits per heavy atom. The molecule has 1 heterocycles. The predicted octanol–water partition coefficient (Wildman–Crippen LogP) is 4.28. The molecule has 0 saturated heterocycles. The van der Waals surface area contributed by atoms with Crippen molar-refractivity contribution >= 4 is 41.3 Å². The van der Waals surface area contributed by atoms with Crippen LogP contribution in [0.2, 0.25) is 10.0 Å². The van der Waals surface area contributed by atoms with Gasteiger partial charge in [0, 0.05) is 15.6 Å². The van der Waals surface area contributed by atoms with Gasteiger partial charge in [-0.05, 0) is 35.9 Å². The molecule has 0 radical (unpaired) electrons. The first-order chi connectivity index (χ1) is 13.4. The normalized spacial score (nSPS) is 10.8. The molecular formula is C20H11Cl2N3O3. The molecule has 0 unspecified atom stereocenters. The molecule has 1 aromatic heterocycles. The Labute approximate surface area is 169 Å². The van der Waals surface area contributed by atoms with E-state index < -0.39 is 17.2 Å². The summed E-state index contributed by atoms with van der Waals surface area (Å²) >= 11 is 11.9. The molecule has 6 nitrogen and oxygen atoms in total. The van der Waals surface area contributed by atoms with Crippen LogP contribution in [0.25, 0.3) is 17.8 Å². The second kappa shape index (κ2) is 8.09. The van der Waals surface area contributed by atoms with E-state index in [1.165, 1.54) is 36.4 Å². The highest BCUT2D eigenvalue weighted by Gasteiger charge is 2.21. The van der Waals surface area contributed by atoms with E-state index in [9.17, 15) is 20.0 Å². The molecule has 0 aliphatic rings. The number of aromatic nitrogens is 2. The van der Waals surface area contributed by atoms with Gasteiger partial charge in [-0.2, -0.15) is 15.0 Å². The number of nitrogens with zero attached hydrogens (tertiary/aromatic N) is 3. The zero-order valence-electron chi connectivity index (χ0n) is 14.1. The van der Waals surface area contributed by atoms with Crippen LogP contribution in [-0.2, 0) is 0 Å². The SMILES string of the molecule is N#Cc1c(/C=C\c2ccccc2Cl)c(C(=O)O)nn(-c2ccc(Cl)cc2)c1=O. The van der Waals surface area contributed by atoms with Crippen molar-refractivity contribution in [3.05, 3.63) is 91.3 Å². The Balaban J connectivity index is 2.23. The zero-order valence-corrected chi connectivity index (χ0v) is 15.6. The molecule has 0 atom stereocenters. The van der Waals surface area contributed by atoms with Crippen LogP contribution in [0, 0.1) is 11.3 Å². The quantitative estimate of drug-likeness (QED) is 0.690. The Bertz CT molecular complexity index is 1190. The van der Waals surface area contributed by atoms with Gasteiger partial charge < -0.3 is 5.11 Å². The molecule has 0 amide bonds. The van der Waals surface area contributed by atoms with Gasteiger partial charge in [0.1, 0.15) is 11.6 Å². The molecule has 0 aliphatic heterocycles. The lowest BCUT2D eigenvalue weighted by atomic mass is 10.1. The van der Waals surface area contributed by atoms with Gasteiger partial charge in [-0.15, -0.1) is 0 Å². The van der Waals surface area contributed by atoms with Crippen molar-refractivity contribution in [3.8, 4) is 11.8 Å². The van der Waals surface area contributed by atoms with Crippen LogP contribution in [0.1, 0.15) is 27.2 Å². The summed E-state index contributed by atoms with van der Waals surface area (Å²) < 4.78 is 0.866. The van der Waals surface area contributed by atoms with E-state index >= 15 is 0 Å². The van der Waals surface area contributed by atoms with Gasteiger partial charge in [0.25, 0.3) is 5.56 Å². The van der Waals surface area contributed by atoms with E-state index in [-0.39, 0.29) is 16.8 Å². The molecule has 0 spiro atoms. The summed E-state index contributed by atoms with van der Waals surface area (Å²) in [7, 11) is 0. The van der Waals surface area contributed by atoms with Crippen molar-refractivity contribution in [1.82, 2.24) is 9.78 Å². The lowest BCUT2D eigenvalue weighted by Gasteiger charge is -2.10. The number of carboxylic acid groups (broad SMARTS) is 1. The standard InChI is InChI=1S/C20H11Cl2N3O3/c21-13-6-8-14(9-7-13)25-19(26)16(11-23)15(18(24-25)20(27)28)10-5-12-3-1-2-4-17(12)22/h1-10H,(H,27,28)/b10-5-. The fourth-order valence-electron chi connectivity index (χ4n) is 2.51. The molecule has 8 heteroatoms. The maximum absolute atomic E-state index is 12.8. The van der Waals surface area contributed by atoms with Crippen LogP contribution in [0.15, 0.2) is 53.3 Å². The fraction of sp³-hybridized carbons (Fsp3) is 0. The maximum atomic E-state index is 12.8. The smallest absolute Gasteiger partial charge is 0.357 e. The lowest BCUT2D eigenvalue weighted by molar-refractivity contribution is 0.0688. The topological polar surface area (TPSA) is 96.0 Å². The number of aromatic carboxylic acids is 1. The van der Waals surface area contributed by atoms with Crippen LogP contribution >= 0.6 is 23.2 Å². The molecule has 138 valence electrons. The van der Waals surface area contributed by atoms with Crippen molar-refractivity contribution in [2.24, 2.45) is 0 Å². The summed E-state index contributed by atoms with van der Waals surface area (Å²) in [6.07, 6.45) is 2.88. The first kappa shape index (κ1) is 19.4. The molecule has 1 N–H and O–H groups in total. The summed E-state index contributed by atoms with van der Waals surface area (Å²) in [5, 5.41) is 23.9. The average molecular weight is 412 g/mol. The highest BCUT2D eigenvalue weighted by molar-refractivity contribution is 6.32. The third-order valence-electron chi connectivity index (χ3n) is 3.85. The van der Waals surface area contributed by atoms with E-state index in [2.05, 4.69) is 5.10 Å². The van der Waals surface area contributed by atoms with E-state index in [0.29, 0.717) is 15.6 Å². The Morgan fingerprint density at radius 2 is 1.79 bits per heavy atom. The van der Waals surface area contributed by atoms with E-state index in [4.69, 9.17) is 23.2 Å². The van der Waals surface area contributed by atoms with Crippen LogP contribution in [0.3, 0.4) is 0 Å². The maximum Gasteiger partial charge on any atom is 0.357 e. The van der Waals surface area contributed by atoms with Crippen molar-refractivity contribution < 1.29 is 9.90 Å². The minimum Gasteiger partial charge on any atom is -0.476 e. The summed E-state index contributed by atoms with van der Waals surface area (Å²) in [5.74, 6) is -1.38. The Hall–Kier alpha value is -3.40. The molecule has 0 aliphatic carbocycles. The molecule has 0 fully saturated rings. The first-order valence-corrected chi connectivity index (χ1v) is 8.67. The molecule has 2 aromatic carbocycles. The van der Waals surface area contributed by atoms with Gasteiger partial charge >= 0.3 is 5.97 Å². The number of rotatable bonds is 4. The fourth-order valence-corrected chi connectivity index (χ4v) is 2.83. The number of carboxylic acids is 1. The second-order valence-electron chi connectivity index (χ2n) is 5.60. The summed E-state index contributed by atoms with van der Waals surface area (Å²) in [4.78, 5) is 24.5. The molecule has 28 heavy (non-hydrogen) atoms. The second-order valence-corrected chi connectivity index (χ2v) is 6.45. The minimum atomic E-state index is -1.38. The highest BCUT2D eigenvalue weighted by Crippen LogP contribution is 2.20. The summed E-state index contributed by atoms with van der Waals surface area (Å²) in [6, 6.07) is 14.7. The van der Waals surface area contributed by atoms with Crippen LogP contribution in [0.5, 0.6) is 0 Å². The van der Waals surface area contributed by atoms with Gasteiger partial charge in [-0.3, -0.25) is 4.79 Å². The van der Waals surface area contributed by atoms with Crippen LogP contribution in [-0.4, -0.2) is 20.9 Å². The van der Waals surface area contributed by atoms with Gasteiger partial charge in [-0.1, -0.05) is 53.6 Å². The lowest BCUT2D eigenvalue weighted by Crippen LogP contribution is -2.28. The van der Waals surface area contributed by atoms with Crippen molar-refractivity contribution in [2.45, 2.75) is 0 Å². The van der Waals surface area contributed by atoms with Crippen LogP contribution < -0.4 is 5.56 Å². The number of carbonyl (C=O) groups is 1. The molecule has 3 aromatic rings. The first-order valence-electron chi connectivity index (χ1n) is 7.91. The molecule has 0 bridgehead atoms. The largest absolute Gasteiger partial charge is 0.476 e. The van der Waals surface area contributed by atoms with Crippen molar-refractivity contribution in [1.29, 1.82) is 5.26 Å². The third kappa shape index (κ3) is 3.81. The van der Waals surface area contributed by atoms with Crippen molar-refractivity contribution in [3.63, 3.8) is 0 Å². The monoisotopic (exact) mass is 411 g/mol. The molecule has 3 rings (SSSR count). The zero-order chi connectivity index (χ0) is 20.3. The van der Waals surface area contributed by atoms with E-state index in [1.54, 1.807) is 30.3 Å². The van der Waals surface area contributed by atoms with Crippen molar-refractivity contribution in [2.75, 3.05) is 0 Å². The predicted molar refractivity (Wildman–Crippen MR) is 107 cm³/mol. The van der Waals surface area contributed by atoms with E-state index in [1.807, 2.05) is 0 Å². The van der Waals surface area contributed by atoms with Gasteiger partial charge in [0.05, 0.1) is 5.69 Å². The van der Waals surface area contributed by atoms with Gasteiger partial charge in [-0.25, -0.2) is 4.79 Å². The summed E-state index contributed by atoms with van der Waals surface area (Å²) in [6.45, 7) is 0. The average Bonchev–Trinajstić information content (AvgIpc) is 2.68. The number of halogens is 2. The Morgan fingerprint density at radius 3 is 2.39 bits per heavy atom. The van der Waals surface area contributed by atoms with Crippen LogP contribution in [0.4, 0.5) is 0 Å². The Kier molecular flexibility index (Phi) is 5.59. The number of nitriles is 1. The van der Waals surface area contributed by atoms with E-state index in [0.717, 1.165) is 4.68 Å². The third-order valence-corrected chi connectivity index (χ3v) is 4.45. The molecular weight excluding hydrogens is 401 g/mol. The number of hydrogen-bond acceptors (Lipinski definition) is 4. The number of benzene rings is 2. The molecule has 0 saturated carbocycles. The highest BCUT2D eigenvalue weighted by atomic mass is 35.5. The summed E-state index contributed by atoms with van der Waals surface area (Å²) in [5.41, 5.74) is -0.722. The van der Waals surface area contributed by atoms with Gasteiger partial charge in [0.15, 0.2) is 5.69 Å².